The van der Waals surface area contributed by atoms with Crippen molar-refractivity contribution < 1.29 is 14.3 Å². The number of benzene rings is 2. The van der Waals surface area contributed by atoms with Gasteiger partial charge in [-0.15, -0.1) is 0 Å². The molecule has 23 heavy (non-hydrogen) atoms. The Labute approximate surface area is 143 Å². The molecule has 0 fully saturated rings. The molecule has 0 bridgehead atoms. The molecule has 0 spiro atoms. The average molecular weight is 331 g/mol. The van der Waals surface area contributed by atoms with E-state index in [1.807, 2.05) is 24.3 Å². The first kappa shape index (κ1) is 17.4. The first-order valence-electron chi connectivity index (χ1n) is 7.37. The van der Waals surface area contributed by atoms with Crippen molar-refractivity contribution >= 4 is 19.5 Å². The highest BCUT2D eigenvalue weighted by Crippen LogP contribution is 2.24. The molecule has 0 aromatic heterocycles. The van der Waals surface area contributed by atoms with Gasteiger partial charge in [-0.2, -0.15) is 13.5 Å². The highest BCUT2D eigenvalue weighted by Gasteiger charge is 2.18. The lowest BCUT2D eigenvalue weighted by Gasteiger charge is -2.15. The van der Waals surface area contributed by atoms with Gasteiger partial charge in [-0.3, -0.25) is 0 Å². The second-order valence-corrected chi connectivity index (χ2v) is 5.39. The fourth-order valence-electron chi connectivity index (χ4n) is 2.61. The highest BCUT2D eigenvalue weighted by atomic mass is 32.1. The zero-order valence-corrected chi connectivity index (χ0v) is 14.0. The smallest absolute Gasteiger partial charge is 0.337 e. The van der Waals surface area contributed by atoms with Crippen LogP contribution in [0.4, 0.5) is 0 Å². The van der Waals surface area contributed by atoms with E-state index in [9.17, 15) is 4.79 Å². The third-order valence-corrected chi connectivity index (χ3v) is 3.83. The van der Waals surface area contributed by atoms with Crippen LogP contribution in [0.5, 0.6) is 5.75 Å². The van der Waals surface area contributed by atoms with Gasteiger partial charge in [-0.25, -0.2) is 4.79 Å². The van der Waals surface area contributed by atoms with Gasteiger partial charge < -0.3 is 14.8 Å². The minimum Gasteiger partial charge on any atom is -0.492 e. The van der Waals surface area contributed by atoms with Crippen molar-refractivity contribution in [1.82, 2.24) is 5.32 Å². The second-order valence-electron chi connectivity index (χ2n) is 5.39. The highest BCUT2D eigenvalue weighted by molar-refractivity contribution is 7.59. The minimum atomic E-state index is -0.343. The maximum absolute atomic E-state index is 11.6. The zero-order valence-electron chi connectivity index (χ0n) is 13.0. The molecule has 3 rings (SSSR count). The number of nitrogens with one attached hydrogen (secondary N) is 1. The molecule has 0 saturated carbocycles. The van der Waals surface area contributed by atoms with Gasteiger partial charge in [0, 0.05) is 18.2 Å². The molecule has 1 heterocycles. The van der Waals surface area contributed by atoms with Crippen LogP contribution < -0.4 is 10.1 Å². The minimum absolute atomic E-state index is 0. The molecule has 122 valence electrons. The summed E-state index contributed by atoms with van der Waals surface area (Å²) in [6.45, 7) is 1.31. The van der Waals surface area contributed by atoms with E-state index in [4.69, 9.17) is 9.47 Å². The number of ether oxygens (including phenoxy) is 2. The molecule has 1 aliphatic rings. The SMILES string of the molecule is COC(=O)c1ccc2c(c1)OC[C@H](Cc1ccccc1)NC2.S. The van der Waals surface area contributed by atoms with Crippen LogP contribution in [0.1, 0.15) is 21.5 Å². The fourth-order valence-corrected chi connectivity index (χ4v) is 2.61. The molecule has 1 N–H and O–H groups in total. The molecule has 0 saturated heterocycles. The number of hydrogen-bond acceptors (Lipinski definition) is 4. The number of methoxy groups -OCH3 is 1. The fraction of sp³-hybridized carbons (Fsp3) is 0.278. The number of esters is 1. The van der Waals surface area contributed by atoms with Crippen LogP contribution in [-0.4, -0.2) is 25.7 Å². The lowest BCUT2D eigenvalue weighted by molar-refractivity contribution is 0.0600. The van der Waals surface area contributed by atoms with E-state index in [1.54, 1.807) is 12.1 Å². The van der Waals surface area contributed by atoms with Gasteiger partial charge in [0.2, 0.25) is 0 Å². The molecule has 0 unspecified atom stereocenters. The first-order valence-corrected chi connectivity index (χ1v) is 7.37. The van der Waals surface area contributed by atoms with Crippen LogP contribution in [-0.2, 0) is 17.7 Å². The summed E-state index contributed by atoms with van der Waals surface area (Å²) in [6.07, 6.45) is 0.915. The Balaban J connectivity index is 0.00000192. The van der Waals surface area contributed by atoms with Crippen LogP contribution >= 0.6 is 13.5 Å². The normalized spacial score (nSPS) is 16.3. The summed E-state index contributed by atoms with van der Waals surface area (Å²) in [5, 5.41) is 3.51. The number of carbonyl (C=O) groups is 1. The Morgan fingerprint density at radius 3 is 2.78 bits per heavy atom. The molecule has 1 atom stereocenters. The van der Waals surface area contributed by atoms with E-state index in [-0.39, 0.29) is 25.5 Å². The van der Waals surface area contributed by atoms with E-state index < -0.39 is 0 Å². The summed E-state index contributed by atoms with van der Waals surface area (Å²) >= 11 is 0. The van der Waals surface area contributed by atoms with Gasteiger partial charge in [0.15, 0.2) is 0 Å². The first-order chi connectivity index (χ1) is 10.8. The number of hydrogen-bond donors (Lipinski definition) is 1. The van der Waals surface area contributed by atoms with E-state index in [0.717, 1.165) is 24.3 Å². The van der Waals surface area contributed by atoms with Crippen LogP contribution in [0.15, 0.2) is 48.5 Å². The second kappa shape index (κ2) is 8.04. The van der Waals surface area contributed by atoms with E-state index in [0.29, 0.717) is 12.2 Å². The van der Waals surface area contributed by atoms with Crippen molar-refractivity contribution in [2.45, 2.75) is 19.0 Å². The summed E-state index contributed by atoms with van der Waals surface area (Å²) in [4.78, 5) is 11.6. The predicted octanol–water partition coefficient (Wildman–Crippen LogP) is 2.68. The molecule has 5 heteroatoms. The van der Waals surface area contributed by atoms with Gasteiger partial charge in [0.05, 0.1) is 12.7 Å². The number of carbonyl (C=O) groups excluding carboxylic acids is 1. The molecular formula is C18H21NO3S. The third kappa shape index (κ3) is 4.27. The van der Waals surface area contributed by atoms with Gasteiger partial charge in [-0.1, -0.05) is 36.4 Å². The molecule has 0 amide bonds. The van der Waals surface area contributed by atoms with Gasteiger partial charge >= 0.3 is 5.97 Å². The Bertz CT molecular complexity index is 661. The molecule has 4 nitrogen and oxygen atoms in total. The number of rotatable bonds is 3. The quantitative estimate of drug-likeness (QED) is 0.879. The average Bonchev–Trinajstić information content (AvgIpc) is 2.77. The summed E-state index contributed by atoms with van der Waals surface area (Å²) in [5.41, 5.74) is 2.86. The lowest BCUT2D eigenvalue weighted by atomic mass is 10.1. The molecule has 2 aromatic rings. The standard InChI is InChI=1S/C18H19NO3.H2S/c1-21-18(20)14-7-8-15-11-19-16(12-22-17(15)10-14)9-13-5-3-2-4-6-13;/h2-8,10,16,19H,9,11-12H2,1H3;1H2/t16-;/m0./s1. The van der Waals surface area contributed by atoms with Crippen molar-refractivity contribution in [1.29, 1.82) is 0 Å². The van der Waals surface area contributed by atoms with Crippen molar-refractivity contribution in [3.63, 3.8) is 0 Å². The molecule has 0 aliphatic carbocycles. The van der Waals surface area contributed by atoms with Gasteiger partial charge in [0.25, 0.3) is 0 Å². The van der Waals surface area contributed by atoms with E-state index in [2.05, 4.69) is 17.4 Å². The van der Waals surface area contributed by atoms with Crippen molar-refractivity contribution in [3.8, 4) is 5.75 Å². The molecular weight excluding hydrogens is 310 g/mol. The molecule has 1 aliphatic heterocycles. The summed E-state index contributed by atoms with van der Waals surface area (Å²) in [5.74, 6) is 0.412. The lowest BCUT2D eigenvalue weighted by Crippen LogP contribution is -2.34. The van der Waals surface area contributed by atoms with Gasteiger partial charge in [-0.05, 0) is 24.1 Å². The van der Waals surface area contributed by atoms with E-state index >= 15 is 0 Å². The topological polar surface area (TPSA) is 47.6 Å². The Morgan fingerprint density at radius 1 is 1.26 bits per heavy atom. The monoisotopic (exact) mass is 331 g/mol. The van der Waals surface area contributed by atoms with Crippen molar-refractivity contribution in [2.24, 2.45) is 0 Å². The summed E-state index contributed by atoms with van der Waals surface area (Å²) < 4.78 is 10.6. The van der Waals surface area contributed by atoms with Crippen LogP contribution in [0.25, 0.3) is 0 Å². The predicted molar refractivity (Wildman–Crippen MR) is 94.4 cm³/mol. The maximum Gasteiger partial charge on any atom is 0.337 e. The number of fused-ring (bicyclic) bond motifs is 1. The maximum atomic E-state index is 11.6. The summed E-state index contributed by atoms with van der Waals surface area (Å²) in [7, 11) is 1.38. The zero-order chi connectivity index (χ0) is 15.4. The summed E-state index contributed by atoms with van der Waals surface area (Å²) in [6, 6.07) is 16.0. The van der Waals surface area contributed by atoms with Crippen LogP contribution in [0, 0.1) is 0 Å². The Morgan fingerprint density at radius 2 is 2.04 bits per heavy atom. The van der Waals surface area contributed by atoms with Crippen molar-refractivity contribution in [3.05, 3.63) is 65.2 Å². The van der Waals surface area contributed by atoms with Gasteiger partial charge in [0.1, 0.15) is 12.4 Å². The van der Waals surface area contributed by atoms with Crippen LogP contribution in [0.3, 0.4) is 0 Å². The third-order valence-electron chi connectivity index (χ3n) is 3.83. The Kier molecular flexibility index (Phi) is 6.07. The largest absolute Gasteiger partial charge is 0.492 e. The van der Waals surface area contributed by atoms with E-state index in [1.165, 1.54) is 12.7 Å². The Hall–Kier alpha value is -1.98. The molecule has 0 radical (unpaired) electrons. The molecule has 2 aromatic carbocycles. The van der Waals surface area contributed by atoms with Crippen molar-refractivity contribution in [2.75, 3.05) is 13.7 Å². The van der Waals surface area contributed by atoms with Crippen LogP contribution in [0.2, 0.25) is 0 Å².